The van der Waals surface area contributed by atoms with Gasteiger partial charge in [0.15, 0.2) is 11.0 Å². The van der Waals surface area contributed by atoms with E-state index in [1.807, 2.05) is 0 Å². The average Bonchev–Trinajstić information content (AvgIpc) is 3.23. The first-order valence-corrected chi connectivity index (χ1v) is 8.75. The minimum absolute atomic E-state index is 0.0761. The third kappa shape index (κ3) is 2.52. The third-order valence-corrected chi connectivity index (χ3v) is 5.81. The van der Waals surface area contributed by atoms with E-state index in [4.69, 9.17) is 0 Å². The van der Waals surface area contributed by atoms with Crippen molar-refractivity contribution in [2.24, 2.45) is 0 Å². The molecule has 0 bridgehead atoms. The molecule has 2 aromatic heterocycles. The number of halogens is 3. The van der Waals surface area contributed by atoms with Gasteiger partial charge >= 0.3 is 12.2 Å². The van der Waals surface area contributed by atoms with E-state index in [-0.39, 0.29) is 16.5 Å². The number of hydrogen-bond donors (Lipinski definition) is 1. The Morgan fingerprint density at radius 1 is 1.12 bits per heavy atom. The minimum Gasteiger partial charge on any atom is -0.309 e. The number of thiophene rings is 1. The van der Waals surface area contributed by atoms with Crippen LogP contribution in [0.4, 0.5) is 18.0 Å². The number of nitrogens with one attached hydrogen (secondary N) is 1. The van der Waals surface area contributed by atoms with Gasteiger partial charge in [-0.3, -0.25) is 0 Å². The molecule has 0 saturated carbocycles. The molecule has 1 aliphatic rings. The number of amides is 1. The van der Waals surface area contributed by atoms with Crippen molar-refractivity contribution in [1.82, 2.24) is 20.1 Å². The summed E-state index contributed by atoms with van der Waals surface area (Å²) in [7, 11) is 0. The molecule has 3 aromatic rings. The van der Waals surface area contributed by atoms with Crippen molar-refractivity contribution in [3.05, 3.63) is 53.4 Å². The number of nitrogens with zero attached hydrogens (tertiary/aromatic N) is 3. The minimum atomic E-state index is -4.73. The largest absolute Gasteiger partial charge is 0.425 e. The molecule has 0 saturated heterocycles. The van der Waals surface area contributed by atoms with Crippen LogP contribution in [0.15, 0.2) is 53.0 Å². The van der Waals surface area contributed by atoms with Gasteiger partial charge in [0.1, 0.15) is 0 Å². The molecule has 10 heteroatoms. The van der Waals surface area contributed by atoms with Crippen LogP contribution < -0.4 is 5.32 Å². The first-order valence-electron chi connectivity index (χ1n) is 7.05. The lowest BCUT2D eigenvalue weighted by atomic mass is 10.1. The number of fused-ring (bicyclic) bond motifs is 1. The zero-order chi connectivity index (χ0) is 17.7. The van der Waals surface area contributed by atoms with Gasteiger partial charge in [-0.25, -0.2) is 4.79 Å². The van der Waals surface area contributed by atoms with Gasteiger partial charge in [0.2, 0.25) is 4.87 Å². The van der Waals surface area contributed by atoms with Gasteiger partial charge in [0, 0.05) is 0 Å². The van der Waals surface area contributed by atoms with E-state index < -0.39 is 17.1 Å². The Morgan fingerprint density at radius 2 is 1.88 bits per heavy atom. The van der Waals surface area contributed by atoms with Crippen LogP contribution in [0.25, 0.3) is 10.7 Å². The number of thioether (sulfide) groups is 1. The number of alkyl halides is 3. The van der Waals surface area contributed by atoms with Gasteiger partial charge in [-0.2, -0.15) is 22.8 Å². The first-order chi connectivity index (χ1) is 11.9. The monoisotopic (exact) mass is 382 g/mol. The zero-order valence-corrected chi connectivity index (χ0v) is 14.0. The summed E-state index contributed by atoms with van der Waals surface area (Å²) in [6.07, 6.45) is -4.73. The fraction of sp³-hybridized carbons (Fsp3) is 0.133. The van der Waals surface area contributed by atoms with Gasteiger partial charge in [-0.15, -0.1) is 16.4 Å². The molecule has 5 nitrogen and oxygen atoms in total. The maximum atomic E-state index is 13.9. The fourth-order valence-electron chi connectivity index (χ4n) is 2.47. The molecule has 1 aromatic carbocycles. The summed E-state index contributed by atoms with van der Waals surface area (Å²) in [6, 6.07) is 9.79. The summed E-state index contributed by atoms with van der Waals surface area (Å²) in [5.41, 5.74) is -0.0761. The van der Waals surface area contributed by atoms with E-state index in [0.29, 0.717) is 16.6 Å². The number of carbonyl (C=O) groups excluding carboxylic acids is 1. The zero-order valence-electron chi connectivity index (χ0n) is 12.3. The Labute approximate surface area is 147 Å². The van der Waals surface area contributed by atoms with Crippen LogP contribution in [0.1, 0.15) is 5.56 Å². The summed E-state index contributed by atoms with van der Waals surface area (Å²) in [5, 5.41) is 7.79. The van der Waals surface area contributed by atoms with Crippen LogP contribution in [0, 0.1) is 0 Å². The summed E-state index contributed by atoms with van der Waals surface area (Å²) >= 11 is 1.76. The highest BCUT2D eigenvalue weighted by atomic mass is 32.2. The molecule has 3 heterocycles. The molecule has 1 atom stereocenters. The Morgan fingerprint density at radius 3 is 2.52 bits per heavy atom. The number of carbonyl (C=O) groups is 1. The summed E-state index contributed by atoms with van der Waals surface area (Å²) in [4.78, 5) is 14.5. The highest BCUT2D eigenvalue weighted by molar-refractivity contribution is 8.00. The summed E-state index contributed by atoms with van der Waals surface area (Å²) < 4.78 is 42.7. The second-order valence-corrected chi connectivity index (χ2v) is 7.31. The highest BCUT2D eigenvalue weighted by Crippen LogP contribution is 2.51. The predicted octanol–water partition coefficient (Wildman–Crippen LogP) is 4.09. The topological polar surface area (TPSA) is 59.8 Å². The maximum absolute atomic E-state index is 13.9. The maximum Gasteiger partial charge on any atom is 0.425 e. The fourth-order valence-corrected chi connectivity index (χ4v) is 4.25. The predicted molar refractivity (Wildman–Crippen MR) is 87.3 cm³/mol. The van der Waals surface area contributed by atoms with Crippen molar-refractivity contribution in [1.29, 1.82) is 0 Å². The molecule has 25 heavy (non-hydrogen) atoms. The highest BCUT2D eigenvalue weighted by Gasteiger charge is 2.61. The number of aromatic nitrogens is 3. The van der Waals surface area contributed by atoms with E-state index >= 15 is 0 Å². The van der Waals surface area contributed by atoms with Crippen molar-refractivity contribution in [2.45, 2.75) is 16.2 Å². The molecule has 1 amide bonds. The van der Waals surface area contributed by atoms with Crippen LogP contribution in [-0.4, -0.2) is 27.0 Å². The number of rotatable bonds is 2. The van der Waals surface area contributed by atoms with Crippen molar-refractivity contribution < 1.29 is 18.0 Å². The van der Waals surface area contributed by atoms with Crippen molar-refractivity contribution >= 4 is 29.1 Å². The average molecular weight is 382 g/mol. The second kappa shape index (κ2) is 5.60. The van der Waals surface area contributed by atoms with Crippen LogP contribution in [0.2, 0.25) is 0 Å². The number of benzene rings is 1. The lowest BCUT2D eigenvalue weighted by molar-refractivity contribution is -0.168. The molecular weight excluding hydrogens is 373 g/mol. The van der Waals surface area contributed by atoms with Crippen LogP contribution in [0.3, 0.4) is 0 Å². The van der Waals surface area contributed by atoms with Crippen LogP contribution in [0.5, 0.6) is 0 Å². The van der Waals surface area contributed by atoms with Crippen LogP contribution in [-0.2, 0) is 4.87 Å². The molecular formula is C15H9F3N4OS2. The van der Waals surface area contributed by atoms with Crippen molar-refractivity contribution in [3.63, 3.8) is 0 Å². The van der Waals surface area contributed by atoms with E-state index in [9.17, 15) is 18.0 Å². The van der Waals surface area contributed by atoms with Gasteiger partial charge in [0.25, 0.3) is 0 Å². The normalized spacial score (nSPS) is 20.2. The Hall–Kier alpha value is -2.33. The lowest BCUT2D eigenvalue weighted by Crippen LogP contribution is -2.57. The first kappa shape index (κ1) is 16.2. The second-order valence-electron chi connectivity index (χ2n) is 5.18. The molecule has 0 spiro atoms. The molecule has 4 rings (SSSR count). The lowest BCUT2D eigenvalue weighted by Gasteiger charge is -2.37. The molecule has 1 N–H and O–H groups in total. The van der Waals surface area contributed by atoms with Crippen molar-refractivity contribution in [2.75, 3.05) is 0 Å². The Kier molecular flexibility index (Phi) is 3.62. The van der Waals surface area contributed by atoms with E-state index in [0.717, 1.165) is 4.68 Å². The summed E-state index contributed by atoms with van der Waals surface area (Å²) in [5.74, 6) is 0.221. The molecule has 1 aliphatic heterocycles. The van der Waals surface area contributed by atoms with Gasteiger partial charge in [-0.1, -0.05) is 36.4 Å². The van der Waals surface area contributed by atoms with Gasteiger partial charge in [0.05, 0.1) is 4.88 Å². The Bertz CT molecular complexity index is 924. The third-order valence-electron chi connectivity index (χ3n) is 3.62. The van der Waals surface area contributed by atoms with E-state index in [2.05, 4.69) is 15.4 Å². The smallest absolute Gasteiger partial charge is 0.309 e. The van der Waals surface area contributed by atoms with Gasteiger partial charge < -0.3 is 5.32 Å². The molecule has 0 unspecified atom stereocenters. The molecule has 128 valence electrons. The SMILES string of the molecule is O=C1N[C@](c2ccccc2)(C(F)(F)F)Sc2nc(-c3cccs3)nn21. The quantitative estimate of drug-likeness (QED) is 0.725. The van der Waals surface area contributed by atoms with Gasteiger partial charge in [-0.05, 0) is 28.8 Å². The van der Waals surface area contributed by atoms with Crippen molar-refractivity contribution in [3.8, 4) is 10.7 Å². The number of hydrogen-bond acceptors (Lipinski definition) is 5. The molecule has 0 aliphatic carbocycles. The summed E-state index contributed by atoms with van der Waals surface area (Å²) in [6.45, 7) is 0. The van der Waals surface area contributed by atoms with E-state index in [1.165, 1.54) is 35.6 Å². The standard InChI is InChI=1S/C15H9F3N4OS2/c16-15(17,18)14(9-5-2-1-3-6-9)20-12(23)22-13(25-14)19-11(21-22)10-7-4-8-24-10/h1-8H,(H,20,23)/t14-/m0/s1. The molecule has 0 fully saturated rings. The molecule has 0 radical (unpaired) electrons. The Balaban J connectivity index is 1.85. The van der Waals surface area contributed by atoms with E-state index in [1.54, 1.807) is 23.6 Å². The van der Waals surface area contributed by atoms with Crippen LogP contribution >= 0.6 is 23.1 Å².